The minimum atomic E-state index is -0.345. The first kappa shape index (κ1) is 10.2. The summed E-state index contributed by atoms with van der Waals surface area (Å²) in [6, 6.07) is 4.67. The molecule has 3 nitrogen and oxygen atoms in total. The van der Waals surface area contributed by atoms with Gasteiger partial charge in [0.2, 0.25) is 0 Å². The number of imidazole rings is 1. The van der Waals surface area contributed by atoms with Gasteiger partial charge in [0, 0.05) is 25.5 Å². The fourth-order valence-electron chi connectivity index (χ4n) is 1.10. The molecule has 2 rings (SSSR count). The maximum Gasteiger partial charge on any atom is 0.301 e. The first-order valence-electron chi connectivity index (χ1n) is 4.27. The molecule has 0 spiro atoms. The Morgan fingerprint density at radius 1 is 1.47 bits per heavy atom. The second-order valence-corrected chi connectivity index (χ2v) is 3.85. The summed E-state index contributed by atoms with van der Waals surface area (Å²) < 4.78 is 20.8. The molecule has 0 fully saturated rings. The lowest BCUT2D eigenvalue weighted by Crippen LogP contribution is -1.94. The molecular formula is C10H8BrFN2O. The van der Waals surface area contributed by atoms with Crippen molar-refractivity contribution in [2.45, 2.75) is 0 Å². The van der Waals surface area contributed by atoms with Gasteiger partial charge in [0.05, 0.1) is 4.47 Å². The van der Waals surface area contributed by atoms with Crippen LogP contribution in [0.1, 0.15) is 0 Å². The first-order chi connectivity index (χ1) is 7.16. The topological polar surface area (TPSA) is 27.1 Å². The highest BCUT2D eigenvalue weighted by molar-refractivity contribution is 9.10. The van der Waals surface area contributed by atoms with Gasteiger partial charge in [0.25, 0.3) is 0 Å². The zero-order valence-electron chi connectivity index (χ0n) is 7.95. The van der Waals surface area contributed by atoms with E-state index in [1.807, 2.05) is 0 Å². The Kier molecular flexibility index (Phi) is 2.73. The van der Waals surface area contributed by atoms with Gasteiger partial charge in [-0.1, -0.05) is 0 Å². The van der Waals surface area contributed by atoms with Gasteiger partial charge in [-0.05, 0) is 28.1 Å². The van der Waals surface area contributed by atoms with Gasteiger partial charge in [-0.2, -0.15) is 0 Å². The molecule has 1 heterocycles. The Morgan fingerprint density at radius 3 is 2.93 bits per heavy atom. The van der Waals surface area contributed by atoms with Crippen LogP contribution in [0.25, 0.3) is 0 Å². The van der Waals surface area contributed by atoms with Gasteiger partial charge in [-0.15, -0.1) is 0 Å². The number of halogens is 2. The molecule has 1 aromatic heterocycles. The molecule has 0 aliphatic heterocycles. The average Bonchev–Trinajstić information content (AvgIpc) is 2.58. The second kappa shape index (κ2) is 4.02. The Labute approximate surface area is 94.6 Å². The van der Waals surface area contributed by atoms with Crippen LogP contribution in [-0.2, 0) is 7.05 Å². The lowest BCUT2D eigenvalue weighted by molar-refractivity contribution is 0.419. The van der Waals surface area contributed by atoms with E-state index in [4.69, 9.17) is 4.74 Å². The zero-order chi connectivity index (χ0) is 10.8. The molecule has 5 heteroatoms. The standard InChI is InChI=1S/C10H8BrFN2O/c1-14-5-4-13-10(14)15-9-6-7(12)2-3-8(9)11/h2-6H,1H3. The number of ether oxygens (including phenoxy) is 1. The maximum atomic E-state index is 12.9. The van der Waals surface area contributed by atoms with E-state index < -0.39 is 0 Å². The lowest BCUT2D eigenvalue weighted by Gasteiger charge is -2.06. The van der Waals surface area contributed by atoms with Crippen molar-refractivity contribution in [3.63, 3.8) is 0 Å². The van der Waals surface area contributed by atoms with E-state index in [-0.39, 0.29) is 5.82 Å². The number of aromatic nitrogens is 2. The lowest BCUT2D eigenvalue weighted by atomic mass is 10.3. The summed E-state index contributed by atoms with van der Waals surface area (Å²) in [5, 5.41) is 0. The number of benzene rings is 1. The third-order valence-electron chi connectivity index (χ3n) is 1.87. The molecule has 0 saturated heterocycles. The molecule has 0 aliphatic carbocycles. The Morgan fingerprint density at radius 2 is 2.27 bits per heavy atom. The van der Waals surface area contributed by atoms with Crippen molar-refractivity contribution in [2.75, 3.05) is 0 Å². The normalized spacial score (nSPS) is 10.3. The summed E-state index contributed by atoms with van der Waals surface area (Å²) in [6.07, 6.45) is 3.37. The highest BCUT2D eigenvalue weighted by atomic mass is 79.9. The largest absolute Gasteiger partial charge is 0.424 e. The van der Waals surface area contributed by atoms with Crippen LogP contribution in [0.5, 0.6) is 11.8 Å². The molecule has 0 atom stereocenters. The van der Waals surface area contributed by atoms with Crippen LogP contribution in [0.2, 0.25) is 0 Å². The Hall–Kier alpha value is -1.36. The van der Waals surface area contributed by atoms with Gasteiger partial charge in [0.1, 0.15) is 11.6 Å². The summed E-state index contributed by atoms with van der Waals surface area (Å²) in [7, 11) is 1.80. The van der Waals surface area contributed by atoms with Crippen molar-refractivity contribution in [1.82, 2.24) is 9.55 Å². The van der Waals surface area contributed by atoms with Crippen molar-refractivity contribution in [1.29, 1.82) is 0 Å². The van der Waals surface area contributed by atoms with Crippen LogP contribution < -0.4 is 4.74 Å². The van der Waals surface area contributed by atoms with Crippen molar-refractivity contribution < 1.29 is 9.13 Å². The summed E-state index contributed by atoms with van der Waals surface area (Å²) >= 11 is 3.27. The summed E-state index contributed by atoms with van der Waals surface area (Å²) in [5.74, 6) is 0.0618. The van der Waals surface area contributed by atoms with E-state index in [2.05, 4.69) is 20.9 Å². The van der Waals surface area contributed by atoms with E-state index >= 15 is 0 Å². The van der Waals surface area contributed by atoms with Gasteiger partial charge in [-0.3, -0.25) is 0 Å². The van der Waals surface area contributed by atoms with Crippen molar-refractivity contribution >= 4 is 15.9 Å². The monoisotopic (exact) mass is 270 g/mol. The molecule has 1 aromatic carbocycles. The van der Waals surface area contributed by atoms with Crippen molar-refractivity contribution in [3.8, 4) is 11.8 Å². The van der Waals surface area contributed by atoms with Crippen LogP contribution >= 0.6 is 15.9 Å². The molecule has 78 valence electrons. The quantitative estimate of drug-likeness (QED) is 0.839. The zero-order valence-corrected chi connectivity index (χ0v) is 9.53. The smallest absolute Gasteiger partial charge is 0.301 e. The van der Waals surface area contributed by atoms with Crippen molar-refractivity contribution in [3.05, 3.63) is 40.9 Å². The van der Waals surface area contributed by atoms with E-state index in [1.54, 1.807) is 30.1 Å². The fraction of sp³-hybridized carbons (Fsp3) is 0.100. The summed E-state index contributed by atoms with van der Waals surface area (Å²) in [5.41, 5.74) is 0. The van der Waals surface area contributed by atoms with E-state index in [0.29, 0.717) is 16.2 Å². The van der Waals surface area contributed by atoms with E-state index in [1.165, 1.54) is 12.1 Å². The fourth-order valence-corrected chi connectivity index (χ4v) is 1.43. The molecule has 0 N–H and O–H groups in total. The van der Waals surface area contributed by atoms with Gasteiger partial charge < -0.3 is 9.30 Å². The number of hydrogen-bond acceptors (Lipinski definition) is 2. The molecule has 0 bridgehead atoms. The predicted molar refractivity (Wildman–Crippen MR) is 57.4 cm³/mol. The second-order valence-electron chi connectivity index (χ2n) is 3.00. The molecule has 0 unspecified atom stereocenters. The average molecular weight is 271 g/mol. The molecule has 0 aliphatic rings. The number of nitrogens with zero attached hydrogens (tertiary/aromatic N) is 2. The Balaban J connectivity index is 2.32. The predicted octanol–water partition coefficient (Wildman–Crippen LogP) is 3.11. The Bertz CT molecular complexity index is 484. The highest BCUT2D eigenvalue weighted by Crippen LogP contribution is 2.29. The van der Waals surface area contributed by atoms with Crippen LogP contribution in [0.3, 0.4) is 0 Å². The van der Waals surface area contributed by atoms with Gasteiger partial charge >= 0.3 is 6.01 Å². The maximum absolute atomic E-state index is 12.9. The number of aryl methyl sites for hydroxylation is 1. The van der Waals surface area contributed by atoms with Crippen molar-refractivity contribution in [2.24, 2.45) is 7.05 Å². The third kappa shape index (κ3) is 2.18. The molecular weight excluding hydrogens is 263 g/mol. The summed E-state index contributed by atoms with van der Waals surface area (Å²) in [6.45, 7) is 0. The van der Waals surface area contributed by atoms with Gasteiger partial charge in [0.15, 0.2) is 0 Å². The van der Waals surface area contributed by atoms with Crippen LogP contribution in [0.4, 0.5) is 4.39 Å². The third-order valence-corrected chi connectivity index (χ3v) is 2.53. The van der Waals surface area contributed by atoms with E-state index in [0.717, 1.165) is 0 Å². The SMILES string of the molecule is Cn1ccnc1Oc1cc(F)ccc1Br. The number of rotatable bonds is 2. The summed E-state index contributed by atoms with van der Waals surface area (Å²) in [4.78, 5) is 3.98. The molecule has 0 saturated carbocycles. The molecule has 15 heavy (non-hydrogen) atoms. The highest BCUT2D eigenvalue weighted by Gasteiger charge is 2.07. The van der Waals surface area contributed by atoms with Crippen LogP contribution in [-0.4, -0.2) is 9.55 Å². The minimum absolute atomic E-state index is 0.345. The van der Waals surface area contributed by atoms with Crippen LogP contribution in [0, 0.1) is 5.82 Å². The van der Waals surface area contributed by atoms with Crippen LogP contribution in [0.15, 0.2) is 35.1 Å². The molecule has 2 aromatic rings. The molecule has 0 radical (unpaired) electrons. The van der Waals surface area contributed by atoms with E-state index in [9.17, 15) is 4.39 Å². The number of hydrogen-bond donors (Lipinski definition) is 0. The first-order valence-corrected chi connectivity index (χ1v) is 5.06. The minimum Gasteiger partial charge on any atom is -0.424 e. The van der Waals surface area contributed by atoms with Gasteiger partial charge in [-0.25, -0.2) is 9.37 Å². The molecule has 0 amide bonds.